The van der Waals surface area contributed by atoms with Crippen molar-refractivity contribution in [2.75, 3.05) is 7.11 Å². The Hall–Kier alpha value is -2.62. The number of methoxy groups -OCH3 is 1. The molecule has 1 aliphatic heterocycles. The van der Waals surface area contributed by atoms with Crippen LogP contribution in [0.3, 0.4) is 0 Å². The molecule has 1 heterocycles. The van der Waals surface area contributed by atoms with Crippen LogP contribution in [0.2, 0.25) is 0 Å². The first-order valence-corrected chi connectivity index (χ1v) is 10.9. The van der Waals surface area contributed by atoms with Gasteiger partial charge in [0.2, 0.25) is 0 Å². The van der Waals surface area contributed by atoms with Gasteiger partial charge in [0, 0.05) is 28.7 Å². The number of ether oxygens (including phenoxy) is 2. The summed E-state index contributed by atoms with van der Waals surface area (Å²) in [6.45, 7) is 2.37. The molecule has 4 nitrogen and oxygen atoms in total. The van der Waals surface area contributed by atoms with Gasteiger partial charge in [-0.3, -0.25) is 4.79 Å². The van der Waals surface area contributed by atoms with E-state index >= 15 is 0 Å². The summed E-state index contributed by atoms with van der Waals surface area (Å²) in [4.78, 5) is 25.8. The standard InChI is InChI=1S/C26H26O4/c1-23-11-3-4-12-24(23)15-16-26(23,17-5-7-18(29-2)8-6-17)21-19(27)9-13-25(22(21)24)14-10-20(28)30-25/h5-10,13-16,21-22H,3-4,11-12H2,1-2H3/t21-,22+,23+,24+,25-,26-/m1/s1. The fourth-order valence-electron chi connectivity index (χ4n) is 7.97. The lowest BCUT2D eigenvalue weighted by Crippen LogP contribution is -2.53. The van der Waals surface area contributed by atoms with Crippen molar-refractivity contribution in [3.63, 3.8) is 0 Å². The van der Waals surface area contributed by atoms with Gasteiger partial charge in [0.05, 0.1) is 7.11 Å². The highest BCUT2D eigenvalue weighted by atomic mass is 16.6. The largest absolute Gasteiger partial charge is 0.497 e. The molecule has 30 heavy (non-hydrogen) atoms. The third kappa shape index (κ3) is 1.77. The maximum Gasteiger partial charge on any atom is 0.331 e. The Bertz CT molecular complexity index is 1050. The number of allylic oxidation sites excluding steroid dienone is 3. The quantitative estimate of drug-likeness (QED) is 0.547. The average Bonchev–Trinajstić information content (AvgIpc) is 3.33. The van der Waals surface area contributed by atoms with Crippen LogP contribution in [-0.4, -0.2) is 24.5 Å². The summed E-state index contributed by atoms with van der Waals surface area (Å²) in [6, 6.07) is 8.23. The zero-order valence-corrected chi connectivity index (χ0v) is 17.4. The molecule has 0 saturated heterocycles. The molecule has 4 heteroatoms. The van der Waals surface area contributed by atoms with Crippen molar-refractivity contribution >= 4 is 11.8 Å². The molecule has 1 spiro atoms. The lowest BCUT2D eigenvalue weighted by molar-refractivity contribution is -0.154. The Morgan fingerprint density at radius 3 is 2.40 bits per heavy atom. The van der Waals surface area contributed by atoms with Crippen molar-refractivity contribution in [2.24, 2.45) is 22.7 Å². The van der Waals surface area contributed by atoms with Gasteiger partial charge in [0.15, 0.2) is 11.4 Å². The molecule has 2 bridgehead atoms. The maximum absolute atomic E-state index is 13.6. The number of esters is 1. The predicted molar refractivity (Wildman–Crippen MR) is 112 cm³/mol. The number of benzene rings is 1. The summed E-state index contributed by atoms with van der Waals surface area (Å²) >= 11 is 0. The highest BCUT2D eigenvalue weighted by Crippen LogP contribution is 2.80. The summed E-state index contributed by atoms with van der Waals surface area (Å²) in [5.41, 5.74) is -0.370. The molecule has 0 amide bonds. The van der Waals surface area contributed by atoms with Crippen LogP contribution in [0.5, 0.6) is 5.75 Å². The highest BCUT2D eigenvalue weighted by Gasteiger charge is 2.80. The van der Waals surface area contributed by atoms with Gasteiger partial charge in [-0.15, -0.1) is 0 Å². The van der Waals surface area contributed by atoms with Gasteiger partial charge in [-0.05, 0) is 54.2 Å². The zero-order chi connectivity index (χ0) is 20.8. The second kappa shape index (κ2) is 5.54. The van der Waals surface area contributed by atoms with Crippen LogP contribution in [0.25, 0.3) is 0 Å². The fourth-order valence-corrected chi connectivity index (χ4v) is 7.97. The fraction of sp³-hybridized carbons (Fsp3) is 0.462. The van der Waals surface area contributed by atoms with Crippen molar-refractivity contribution in [2.45, 2.75) is 43.6 Å². The van der Waals surface area contributed by atoms with Crippen LogP contribution in [0.4, 0.5) is 0 Å². The smallest absolute Gasteiger partial charge is 0.331 e. The summed E-state index contributed by atoms with van der Waals surface area (Å²) < 4.78 is 11.4. The number of hydrogen-bond acceptors (Lipinski definition) is 4. The second-order valence-corrected chi connectivity index (χ2v) is 9.81. The van der Waals surface area contributed by atoms with E-state index in [9.17, 15) is 9.59 Å². The minimum Gasteiger partial charge on any atom is -0.497 e. The van der Waals surface area contributed by atoms with Crippen LogP contribution in [0.15, 0.2) is 60.7 Å². The third-order valence-electron chi connectivity index (χ3n) is 9.11. The number of carbonyl (C=O) groups excluding carboxylic acids is 2. The Kier molecular flexibility index (Phi) is 3.36. The Morgan fingerprint density at radius 1 is 0.967 bits per heavy atom. The van der Waals surface area contributed by atoms with Crippen LogP contribution < -0.4 is 4.74 Å². The SMILES string of the molecule is COc1ccc([C@@]23C=C[C@@]4(CCCC[C@@]42C)[C@@H]2[C@H]3C(=O)C=C[C@@]23C=CC(=O)O3)cc1. The topological polar surface area (TPSA) is 52.6 Å². The lowest BCUT2D eigenvalue weighted by atomic mass is 9.52. The van der Waals surface area contributed by atoms with E-state index in [1.165, 1.54) is 6.08 Å². The molecule has 154 valence electrons. The summed E-state index contributed by atoms with van der Waals surface area (Å²) in [7, 11) is 1.67. The van der Waals surface area contributed by atoms with Crippen LogP contribution >= 0.6 is 0 Å². The Balaban J connectivity index is 1.63. The number of ketones is 1. The van der Waals surface area contributed by atoms with Gasteiger partial charge < -0.3 is 9.47 Å². The normalized spacial score (nSPS) is 45.0. The molecule has 1 aromatic rings. The molecule has 0 aromatic heterocycles. The molecule has 0 radical (unpaired) electrons. The first-order chi connectivity index (χ1) is 14.4. The molecular formula is C26H26O4. The van der Waals surface area contributed by atoms with Gasteiger partial charge in [-0.2, -0.15) is 0 Å². The minimum atomic E-state index is -0.826. The van der Waals surface area contributed by atoms with Gasteiger partial charge in [-0.25, -0.2) is 4.79 Å². The zero-order valence-electron chi connectivity index (χ0n) is 17.4. The molecule has 0 unspecified atom stereocenters. The first kappa shape index (κ1) is 18.2. The number of fused-ring (bicyclic) bond motifs is 3. The van der Waals surface area contributed by atoms with Crippen molar-refractivity contribution in [1.82, 2.24) is 0 Å². The van der Waals surface area contributed by atoms with Crippen molar-refractivity contribution in [1.29, 1.82) is 0 Å². The number of rotatable bonds is 2. The van der Waals surface area contributed by atoms with Gasteiger partial charge in [0.1, 0.15) is 5.75 Å². The van der Waals surface area contributed by atoms with E-state index in [0.717, 1.165) is 37.0 Å². The highest BCUT2D eigenvalue weighted by molar-refractivity contribution is 5.98. The van der Waals surface area contributed by atoms with Crippen molar-refractivity contribution in [3.8, 4) is 5.75 Å². The number of hydrogen-bond donors (Lipinski definition) is 0. The van der Waals surface area contributed by atoms with E-state index in [-0.39, 0.29) is 34.4 Å². The van der Waals surface area contributed by atoms with E-state index in [2.05, 4.69) is 31.2 Å². The molecule has 5 aliphatic rings. The van der Waals surface area contributed by atoms with E-state index in [1.54, 1.807) is 13.2 Å². The van der Waals surface area contributed by atoms with Crippen molar-refractivity contribution < 1.29 is 19.1 Å². The average molecular weight is 402 g/mol. The molecule has 6 atom stereocenters. The molecule has 0 N–H and O–H groups in total. The van der Waals surface area contributed by atoms with Crippen LogP contribution in [0.1, 0.15) is 38.2 Å². The minimum absolute atomic E-state index is 0.0809. The molecule has 1 aromatic carbocycles. The first-order valence-electron chi connectivity index (χ1n) is 10.9. The van der Waals surface area contributed by atoms with Gasteiger partial charge >= 0.3 is 5.97 Å². The van der Waals surface area contributed by atoms with E-state index in [0.29, 0.717) is 0 Å². The summed E-state index contributed by atoms with van der Waals surface area (Å²) in [5.74, 6) is 0.317. The van der Waals surface area contributed by atoms with Gasteiger partial charge in [-0.1, -0.05) is 44.1 Å². The summed E-state index contributed by atoms with van der Waals surface area (Å²) in [5, 5.41) is 0. The summed E-state index contributed by atoms with van der Waals surface area (Å²) in [6.07, 6.45) is 16.0. The second-order valence-electron chi connectivity index (χ2n) is 9.81. The monoisotopic (exact) mass is 402 g/mol. The Labute approximate surface area is 176 Å². The molecule has 2 saturated carbocycles. The van der Waals surface area contributed by atoms with Crippen molar-refractivity contribution in [3.05, 3.63) is 66.3 Å². The molecular weight excluding hydrogens is 376 g/mol. The Morgan fingerprint density at radius 2 is 1.70 bits per heavy atom. The lowest BCUT2D eigenvalue weighted by Gasteiger charge is -2.52. The molecule has 4 aliphatic carbocycles. The third-order valence-corrected chi connectivity index (χ3v) is 9.11. The van der Waals surface area contributed by atoms with E-state index < -0.39 is 11.0 Å². The molecule has 2 fully saturated rings. The van der Waals surface area contributed by atoms with Crippen LogP contribution in [-0.2, 0) is 19.7 Å². The van der Waals surface area contributed by atoms with E-state index in [4.69, 9.17) is 9.47 Å². The van der Waals surface area contributed by atoms with Gasteiger partial charge in [0.25, 0.3) is 0 Å². The predicted octanol–water partition coefficient (Wildman–Crippen LogP) is 4.31. The maximum atomic E-state index is 13.6. The number of carbonyl (C=O) groups is 2. The molecule has 6 rings (SSSR count). The van der Waals surface area contributed by atoms with Crippen LogP contribution in [0, 0.1) is 22.7 Å². The van der Waals surface area contributed by atoms with E-state index in [1.807, 2.05) is 24.3 Å².